The fraction of sp³-hybridized carbons (Fsp3) is 0.250. The third kappa shape index (κ3) is 3.85. The molecule has 4 rings (SSSR count). The molecule has 1 aliphatic rings. The van der Waals surface area contributed by atoms with Crippen molar-refractivity contribution < 1.29 is 22.8 Å². The van der Waals surface area contributed by atoms with Gasteiger partial charge in [-0.25, -0.2) is 0 Å². The molecule has 1 fully saturated rings. The van der Waals surface area contributed by atoms with Gasteiger partial charge in [-0.15, -0.1) is 0 Å². The molecule has 1 aromatic heterocycles. The Bertz CT molecular complexity index is 945. The molecule has 1 amide bonds. The van der Waals surface area contributed by atoms with Crippen LogP contribution in [0.15, 0.2) is 59.1 Å². The molecule has 28 heavy (non-hydrogen) atoms. The summed E-state index contributed by atoms with van der Waals surface area (Å²) >= 11 is 0. The summed E-state index contributed by atoms with van der Waals surface area (Å²) in [5.74, 6) is 0.0185. The van der Waals surface area contributed by atoms with Crippen LogP contribution in [0.25, 0.3) is 11.4 Å². The van der Waals surface area contributed by atoms with E-state index in [1.165, 1.54) is 0 Å². The molecule has 3 aromatic rings. The standard InChI is InChI=1S/C20H17F2N3O3/c21-17(22)19-23-18(24-28-19)13-6-8-14(9-7-13)20(26)25-11-10-16(12-25)27-15-4-2-1-3-5-15/h1-9,16-17H,10-12H2/t16-/m0/s1. The smallest absolute Gasteiger partial charge is 0.315 e. The second-order valence-corrected chi connectivity index (χ2v) is 6.43. The van der Waals surface area contributed by atoms with Crippen molar-refractivity contribution in [2.24, 2.45) is 0 Å². The largest absolute Gasteiger partial charge is 0.489 e. The van der Waals surface area contributed by atoms with E-state index in [-0.39, 0.29) is 17.8 Å². The molecule has 0 radical (unpaired) electrons. The van der Waals surface area contributed by atoms with Gasteiger partial charge in [-0.3, -0.25) is 4.79 Å². The number of carbonyl (C=O) groups excluding carboxylic acids is 1. The minimum atomic E-state index is -2.82. The Hall–Kier alpha value is -3.29. The molecule has 0 spiro atoms. The SMILES string of the molecule is O=C(c1ccc(-c2noc(C(F)F)n2)cc1)N1CC[C@H](Oc2ccccc2)C1. The molecule has 8 heteroatoms. The predicted octanol–water partition coefficient (Wildman–Crippen LogP) is 3.97. The quantitative estimate of drug-likeness (QED) is 0.665. The summed E-state index contributed by atoms with van der Waals surface area (Å²) < 4.78 is 35.5. The van der Waals surface area contributed by atoms with Gasteiger partial charge in [-0.2, -0.15) is 13.8 Å². The molecule has 0 bridgehead atoms. The molecular weight excluding hydrogens is 368 g/mol. The van der Waals surface area contributed by atoms with Crippen LogP contribution in [0.5, 0.6) is 5.75 Å². The van der Waals surface area contributed by atoms with Gasteiger partial charge in [-0.05, 0) is 24.3 Å². The summed E-state index contributed by atoms with van der Waals surface area (Å²) in [5.41, 5.74) is 1.00. The lowest BCUT2D eigenvalue weighted by Gasteiger charge is -2.17. The average molecular weight is 385 g/mol. The minimum Gasteiger partial charge on any atom is -0.489 e. The van der Waals surface area contributed by atoms with Crippen molar-refractivity contribution in [1.82, 2.24) is 15.0 Å². The first-order valence-electron chi connectivity index (χ1n) is 8.83. The maximum absolute atomic E-state index is 12.7. The molecule has 0 aliphatic carbocycles. The average Bonchev–Trinajstić information content (AvgIpc) is 3.38. The van der Waals surface area contributed by atoms with E-state index in [0.29, 0.717) is 24.2 Å². The number of para-hydroxylation sites is 1. The van der Waals surface area contributed by atoms with Gasteiger partial charge in [-0.1, -0.05) is 35.5 Å². The number of ether oxygens (including phenoxy) is 1. The molecule has 2 heterocycles. The van der Waals surface area contributed by atoms with Crippen molar-refractivity contribution in [2.75, 3.05) is 13.1 Å². The van der Waals surface area contributed by atoms with Crippen molar-refractivity contribution >= 4 is 5.91 Å². The van der Waals surface area contributed by atoms with Crippen LogP contribution in [0, 0.1) is 0 Å². The van der Waals surface area contributed by atoms with E-state index in [9.17, 15) is 13.6 Å². The van der Waals surface area contributed by atoms with E-state index in [0.717, 1.165) is 12.2 Å². The molecule has 6 nitrogen and oxygen atoms in total. The highest BCUT2D eigenvalue weighted by Crippen LogP contribution is 2.23. The lowest BCUT2D eigenvalue weighted by molar-refractivity contribution is 0.0772. The molecule has 1 saturated heterocycles. The second-order valence-electron chi connectivity index (χ2n) is 6.43. The maximum Gasteiger partial charge on any atom is 0.315 e. The number of alkyl halides is 2. The van der Waals surface area contributed by atoms with Crippen LogP contribution in [0.4, 0.5) is 8.78 Å². The molecule has 0 N–H and O–H groups in total. The number of nitrogens with zero attached hydrogens (tertiary/aromatic N) is 3. The first-order chi connectivity index (χ1) is 13.6. The lowest BCUT2D eigenvalue weighted by Crippen LogP contribution is -2.30. The molecule has 2 aromatic carbocycles. The van der Waals surface area contributed by atoms with Crippen molar-refractivity contribution in [3.63, 3.8) is 0 Å². The Morgan fingerprint density at radius 3 is 2.57 bits per heavy atom. The van der Waals surface area contributed by atoms with Gasteiger partial charge >= 0.3 is 6.43 Å². The summed E-state index contributed by atoms with van der Waals surface area (Å²) in [6.07, 6.45) is -2.10. The monoisotopic (exact) mass is 385 g/mol. The van der Waals surface area contributed by atoms with Gasteiger partial charge in [0, 0.05) is 24.1 Å². The van der Waals surface area contributed by atoms with Gasteiger partial charge in [0.05, 0.1) is 6.54 Å². The van der Waals surface area contributed by atoms with Gasteiger partial charge < -0.3 is 14.2 Å². The number of hydrogen-bond donors (Lipinski definition) is 0. The summed E-state index contributed by atoms with van der Waals surface area (Å²) in [6.45, 7) is 1.12. The number of hydrogen-bond acceptors (Lipinski definition) is 5. The van der Waals surface area contributed by atoms with Crippen LogP contribution in [0.1, 0.15) is 29.1 Å². The molecule has 144 valence electrons. The number of aromatic nitrogens is 2. The fourth-order valence-corrected chi connectivity index (χ4v) is 3.09. The van der Waals surface area contributed by atoms with Gasteiger partial charge in [0.1, 0.15) is 11.9 Å². The summed E-state index contributed by atoms with van der Waals surface area (Å²) in [5, 5.41) is 3.53. The highest BCUT2D eigenvalue weighted by Gasteiger charge is 2.28. The lowest BCUT2D eigenvalue weighted by atomic mass is 10.1. The van der Waals surface area contributed by atoms with Crippen molar-refractivity contribution in [3.05, 3.63) is 66.1 Å². The fourth-order valence-electron chi connectivity index (χ4n) is 3.09. The van der Waals surface area contributed by atoms with Gasteiger partial charge in [0.15, 0.2) is 0 Å². The van der Waals surface area contributed by atoms with E-state index < -0.39 is 12.3 Å². The summed E-state index contributed by atoms with van der Waals surface area (Å²) in [7, 11) is 0. The zero-order valence-electron chi connectivity index (χ0n) is 14.8. The zero-order valence-corrected chi connectivity index (χ0v) is 14.8. The Morgan fingerprint density at radius 2 is 1.89 bits per heavy atom. The Kier molecular flexibility index (Phi) is 5.01. The third-order valence-electron chi connectivity index (χ3n) is 4.50. The highest BCUT2D eigenvalue weighted by atomic mass is 19.3. The normalized spacial score (nSPS) is 16.5. The number of likely N-dealkylation sites (tertiary alicyclic amines) is 1. The number of rotatable bonds is 5. The summed E-state index contributed by atoms with van der Waals surface area (Å²) in [4.78, 5) is 18.1. The van der Waals surface area contributed by atoms with Gasteiger partial charge in [0.2, 0.25) is 5.82 Å². The maximum atomic E-state index is 12.7. The first-order valence-corrected chi connectivity index (χ1v) is 8.83. The Labute approximate surface area is 159 Å². The van der Waals surface area contributed by atoms with Crippen molar-refractivity contribution in [1.29, 1.82) is 0 Å². The van der Waals surface area contributed by atoms with Crippen molar-refractivity contribution in [3.8, 4) is 17.1 Å². The zero-order chi connectivity index (χ0) is 19.5. The second kappa shape index (κ2) is 7.75. The highest BCUT2D eigenvalue weighted by molar-refractivity contribution is 5.94. The van der Waals surface area contributed by atoms with Crippen molar-refractivity contribution in [2.45, 2.75) is 19.0 Å². The minimum absolute atomic E-state index is 0.0438. The van der Waals surface area contributed by atoms with Gasteiger partial charge in [0.25, 0.3) is 11.8 Å². The van der Waals surface area contributed by atoms with Crippen LogP contribution in [0.2, 0.25) is 0 Å². The number of amides is 1. The molecule has 0 unspecified atom stereocenters. The van der Waals surface area contributed by atoms with E-state index in [2.05, 4.69) is 14.7 Å². The predicted molar refractivity (Wildman–Crippen MR) is 96.1 cm³/mol. The molecule has 0 saturated carbocycles. The Morgan fingerprint density at radius 1 is 1.14 bits per heavy atom. The Balaban J connectivity index is 1.39. The van der Waals surface area contributed by atoms with E-state index in [4.69, 9.17) is 4.74 Å². The first kappa shape index (κ1) is 18.1. The van der Waals surface area contributed by atoms with Crippen LogP contribution in [-0.2, 0) is 0 Å². The number of benzene rings is 2. The van der Waals surface area contributed by atoms with E-state index in [1.54, 1.807) is 29.2 Å². The third-order valence-corrected chi connectivity index (χ3v) is 4.50. The molecule has 1 aliphatic heterocycles. The van der Waals surface area contributed by atoms with Crippen LogP contribution in [-0.4, -0.2) is 40.1 Å². The van der Waals surface area contributed by atoms with Crippen LogP contribution >= 0.6 is 0 Å². The number of halogens is 2. The van der Waals surface area contributed by atoms with Crippen LogP contribution in [0.3, 0.4) is 0 Å². The topological polar surface area (TPSA) is 68.5 Å². The summed E-state index contributed by atoms with van der Waals surface area (Å²) in [6, 6.07) is 16.0. The molecular formula is C20H17F2N3O3. The van der Waals surface area contributed by atoms with E-state index in [1.807, 2.05) is 30.3 Å². The van der Waals surface area contributed by atoms with Crippen LogP contribution < -0.4 is 4.74 Å². The number of carbonyl (C=O) groups is 1. The van der Waals surface area contributed by atoms with E-state index >= 15 is 0 Å². The molecule has 1 atom stereocenters.